The van der Waals surface area contributed by atoms with E-state index in [9.17, 15) is 0 Å². The standard InChI is InChI=1S/C21H22N2S/c1-15-10-11-16-8-5-9-19(18(16)12-15)23-21(20-13-24-14-22-20)17-6-3-2-4-7-17/h2-4,6-7,10-14,19,21,23H,5,8-9H2,1H3/t19-,21?/m1/s1. The summed E-state index contributed by atoms with van der Waals surface area (Å²) in [6, 6.07) is 18.1. The molecule has 0 bridgehead atoms. The Kier molecular flexibility index (Phi) is 4.46. The van der Waals surface area contributed by atoms with Crippen molar-refractivity contribution >= 4 is 11.3 Å². The van der Waals surface area contributed by atoms with E-state index in [1.165, 1.54) is 41.5 Å². The maximum absolute atomic E-state index is 4.59. The van der Waals surface area contributed by atoms with Gasteiger partial charge in [-0.2, -0.15) is 0 Å². The van der Waals surface area contributed by atoms with Gasteiger partial charge in [0, 0.05) is 11.4 Å². The molecule has 2 nitrogen and oxygen atoms in total. The third-order valence-electron chi connectivity index (χ3n) is 4.86. The maximum atomic E-state index is 4.59. The van der Waals surface area contributed by atoms with Crippen molar-refractivity contribution in [2.24, 2.45) is 0 Å². The molecule has 0 radical (unpaired) electrons. The van der Waals surface area contributed by atoms with Gasteiger partial charge in [0.05, 0.1) is 17.2 Å². The highest BCUT2D eigenvalue weighted by Crippen LogP contribution is 2.34. The zero-order valence-electron chi connectivity index (χ0n) is 13.9. The summed E-state index contributed by atoms with van der Waals surface area (Å²) in [6.07, 6.45) is 3.62. The van der Waals surface area contributed by atoms with E-state index in [1.807, 2.05) is 5.51 Å². The number of benzene rings is 2. The van der Waals surface area contributed by atoms with Crippen LogP contribution < -0.4 is 5.32 Å². The van der Waals surface area contributed by atoms with Crippen molar-refractivity contribution in [3.05, 3.63) is 87.4 Å². The number of aromatic nitrogens is 1. The highest BCUT2D eigenvalue weighted by molar-refractivity contribution is 7.07. The second-order valence-electron chi connectivity index (χ2n) is 6.57. The van der Waals surface area contributed by atoms with Crippen LogP contribution in [0, 0.1) is 6.92 Å². The van der Waals surface area contributed by atoms with E-state index in [-0.39, 0.29) is 6.04 Å². The van der Waals surface area contributed by atoms with Crippen molar-refractivity contribution in [1.82, 2.24) is 10.3 Å². The Balaban J connectivity index is 1.68. The second kappa shape index (κ2) is 6.88. The van der Waals surface area contributed by atoms with Gasteiger partial charge < -0.3 is 0 Å². The van der Waals surface area contributed by atoms with E-state index in [0.717, 1.165) is 5.69 Å². The summed E-state index contributed by atoms with van der Waals surface area (Å²) >= 11 is 1.66. The summed E-state index contributed by atoms with van der Waals surface area (Å²) in [6.45, 7) is 2.18. The summed E-state index contributed by atoms with van der Waals surface area (Å²) in [7, 11) is 0. The summed E-state index contributed by atoms with van der Waals surface area (Å²) in [5.74, 6) is 0. The molecule has 1 aliphatic carbocycles. The van der Waals surface area contributed by atoms with Crippen molar-refractivity contribution < 1.29 is 0 Å². The molecule has 0 spiro atoms. The van der Waals surface area contributed by atoms with E-state index >= 15 is 0 Å². The van der Waals surface area contributed by atoms with Crippen LogP contribution in [0.25, 0.3) is 0 Å². The zero-order chi connectivity index (χ0) is 16.4. The number of nitrogens with zero attached hydrogens (tertiary/aromatic N) is 1. The molecule has 24 heavy (non-hydrogen) atoms. The van der Waals surface area contributed by atoms with Crippen LogP contribution in [0.1, 0.15) is 52.9 Å². The van der Waals surface area contributed by atoms with E-state index in [4.69, 9.17) is 0 Å². The fraction of sp³-hybridized carbons (Fsp3) is 0.286. The number of hydrogen-bond acceptors (Lipinski definition) is 3. The van der Waals surface area contributed by atoms with Gasteiger partial charge in [-0.1, -0.05) is 54.1 Å². The van der Waals surface area contributed by atoms with Gasteiger partial charge in [0.2, 0.25) is 0 Å². The highest BCUT2D eigenvalue weighted by Gasteiger charge is 2.25. The average molecular weight is 334 g/mol. The van der Waals surface area contributed by atoms with Gasteiger partial charge in [0.25, 0.3) is 0 Å². The highest BCUT2D eigenvalue weighted by atomic mass is 32.1. The topological polar surface area (TPSA) is 24.9 Å². The molecule has 1 N–H and O–H groups in total. The summed E-state index contributed by atoms with van der Waals surface area (Å²) in [4.78, 5) is 4.59. The fourth-order valence-corrected chi connectivity index (χ4v) is 4.23. The molecule has 4 rings (SSSR count). The third kappa shape index (κ3) is 3.14. The van der Waals surface area contributed by atoms with Gasteiger partial charge >= 0.3 is 0 Å². The Hall–Kier alpha value is -1.97. The van der Waals surface area contributed by atoms with Crippen molar-refractivity contribution in [3.63, 3.8) is 0 Å². The van der Waals surface area contributed by atoms with Crippen LogP contribution in [0.5, 0.6) is 0 Å². The minimum atomic E-state index is 0.147. The third-order valence-corrected chi connectivity index (χ3v) is 5.47. The smallest absolute Gasteiger partial charge is 0.0795 e. The molecule has 2 aromatic carbocycles. The van der Waals surface area contributed by atoms with Gasteiger partial charge in [-0.15, -0.1) is 11.3 Å². The molecule has 0 amide bonds. The summed E-state index contributed by atoms with van der Waals surface area (Å²) < 4.78 is 0. The molecule has 0 saturated carbocycles. The number of thiazole rings is 1. The van der Waals surface area contributed by atoms with E-state index in [2.05, 4.69) is 71.1 Å². The number of aryl methyl sites for hydroxylation is 2. The molecule has 2 atom stereocenters. The molecular formula is C21H22N2S. The van der Waals surface area contributed by atoms with Gasteiger partial charge in [-0.3, -0.25) is 5.32 Å². The van der Waals surface area contributed by atoms with Crippen LogP contribution in [0.15, 0.2) is 59.4 Å². The summed E-state index contributed by atoms with van der Waals surface area (Å²) in [5, 5.41) is 6.06. The largest absolute Gasteiger partial charge is 0.298 e. The quantitative estimate of drug-likeness (QED) is 0.708. The first-order valence-electron chi connectivity index (χ1n) is 8.60. The van der Waals surface area contributed by atoms with Crippen molar-refractivity contribution in [3.8, 4) is 0 Å². The lowest BCUT2D eigenvalue weighted by molar-refractivity contribution is 0.425. The first-order valence-corrected chi connectivity index (χ1v) is 9.54. The zero-order valence-corrected chi connectivity index (χ0v) is 14.7. The molecule has 3 aromatic rings. The van der Waals surface area contributed by atoms with Crippen LogP contribution in [0.4, 0.5) is 0 Å². The second-order valence-corrected chi connectivity index (χ2v) is 7.29. The van der Waals surface area contributed by atoms with Gasteiger partial charge in [-0.25, -0.2) is 4.98 Å². The number of hydrogen-bond donors (Lipinski definition) is 1. The van der Waals surface area contributed by atoms with Crippen LogP contribution in [-0.4, -0.2) is 4.98 Å². The Morgan fingerprint density at radius 3 is 2.83 bits per heavy atom. The Morgan fingerprint density at radius 2 is 2.04 bits per heavy atom. The SMILES string of the molecule is Cc1ccc2c(c1)[C@H](NC(c1ccccc1)c1cscn1)CCC2. The molecule has 1 aromatic heterocycles. The molecule has 3 heteroatoms. The minimum Gasteiger partial charge on any atom is -0.298 e. The van der Waals surface area contributed by atoms with E-state index in [0.29, 0.717) is 6.04 Å². The van der Waals surface area contributed by atoms with Crippen LogP contribution >= 0.6 is 11.3 Å². The molecule has 0 aliphatic heterocycles. The molecule has 1 aliphatic rings. The van der Waals surface area contributed by atoms with Gasteiger partial charge in [0.15, 0.2) is 0 Å². The van der Waals surface area contributed by atoms with Crippen molar-refractivity contribution in [2.45, 2.75) is 38.3 Å². The fourth-order valence-electron chi connectivity index (χ4n) is 3.66. The van der Waals surface area contributed by atoms with E-state index in [1.54, 1.807) is 11.3 Å². The lowest BCUT2D eigenvalue weighted by atomic mass is 9.86. The first-order chi connectivity index (χ1) is 11.8. The van der Waals surface area contributed by atoms with Crippen LogP contribution in [-0.2, 0) is 6.42 Å². The number of nitrogens with one attached hydrogen (secondary N) is 1. The molecule has 1 heterocycles. The molecule has 0 fully saturated rings. The average Bonchev–Trinajstić information content (AvgIpc) is 3.15. The number of fused-ring (bicyclic) bond motifs is 1. The lowest BCUT2D eigenvalue weighted by Crippen LogP contribution is -2.30. The molecule has 1 unspecified atom stereocenters. The molecule has 0 saturated heterocycles. The van der Waals surface area contributed by atoms with Crippen molar-refractivity contribution in [1.29, 1.82) is 0 Å². The van der Waals surface area contributed by atoms with Crippen LogP contribution in [0.2, 0.25) is 0 Å². The van der Waals surface area contributed by atoms with Gasteiger partial charge in [-0.05, 0) is 42.9 Å². The first kappa shape index (κ1) is 15.6. The van der Waals surface area contributed by atoms with E-state index < -0.39 is 0 Å². The minimum absolute atomic E-state index is 0.147. The van der Waals surface area contributed by atoms with Crippen molar-refractivity contribution in [2.75, 3.05) is 0 Å². The number of rotatable bonds is 4. The van der Waals surface area contributed by atoms with Gasteiger partial charge in [0.1, 0.15) is 0 Å². The summed E-state index contributed by atoms with van der Waals surface area (Å²) in [5.41, 5.74) is 8.62. The lowest BCUT2D eigenvalue weighted by Gasteiger charge is -2.30. The monoisotopic (exact) mass is 334 g/mol. The Labute approximate surface area is 147 Å². The normalized spacial score (nSPS) is 18.1. The Morgan fingerprint density at radius 1 is 1.17 bits per heavy atom. The maximum Gasteiger partial charge on any atom is 0.0795 e. The predicted octanol–water partition coefficient (Wildman–Crippen LogP) is 5.21. The molecular weight excluding hydrogens is 312 g/mol. The predicted molar refractivity (Wildman–Crippen MR) is 100 cm³/mol. The van der Waals surface area contributed by atoms with Crippen LogP contribution in [0.3, 0.4) is 0 Å². The Bertz CT molecular complexity index is 796. The molecule has 122 valence electrons.